The maximum absolute atomic E-state index is 11.9. The van der Waals surface area contributed by atoms with Crippen LogP contribution in [0.15, 0.2) is 4.99 Å². The Kier molecular flexibility index (Phi) is 3.78. The Labute approximate surface area is 96.4 Å². The molecule has 0 aliphatic carbocycles. The van der Waals surface area contributed by atoms with E-state index in [9.17, 15) is 4.79 Å². The van der Waals surface area contributed by atoms with Gasteiger partial charge in [0.1, 0.15) is 11.6 Å². The first-order valence-corrected chi connectivity index (χ1v) is 5.43. The second-order valence-electron chi connectivity index (χ2n) is 4.77. The van der Waals surface area contributed by atoms with Crippen molar-refractivity contribution in [2.45, 2.75) is 39.3 Å². The van der Waals surface area contributed by atoms with Crippen molar-refractivity contribution in [2.24, 2.45) is 4.99 Å². The van der Waals surface area contributed by atoms with E-state index in [2.05, 4.69) is 4.99 Å². The zero-order valence-electron chi connectivity index (χ0n) is 10.6. The number of carbonyl (C=O) groups is 1. The van der Waals surface area contributed by atoms with Crippen molar-refractivity contribution in [3.05, 3.63) is 0 Å². The average molecular weight is 228 g/mol. The summed E-state index contributed by atoms with van der Waals surface area (Å²) in [5.74, 6) is 0.581. The van der Waals surface area contributed by atoms with Crippen LogP contribution >= 0.6 is 0 Å². The lowest BCUT2D eigenvalue weighted by molar-refractivity contribution is 0.0204. The van der Waals surface area contributed by atoms with Crippen molar-refractivity contribution in [3.63, 3.8) is 0 Å². The zero-order chi connectivity index (χ0) is 12.3. The lowest BCUT2D eigenvalue weighted by atomic mass is 10.2. The average Bonchev–Trinajstić information content (AvgIpc) is 2.15. The van der Waals surface area contributed by atoms with Gasteiger partial charge in [-0.05, 0) is 27.7 Å². The minimum atomic E-state index is -0.474. The van der Waals surface area contributed by atoms with E-state index in [1.807, 2.05) is 27.7 Å². The molecule has 0 N–H and O–H groups in total. The Morgan fingerprint density at radius 3 is 2.62 bits per heavy atom. The Morgan fingerprint density at radius 2 is 2.12 bits per heavy atom. The molecule has 1 heterocycles. The summed E-state index contributed by atoms with van der Waals surface area (Å²) in [6.45, 7) is 8.57. The monoisotopic (exact) mass is 228 g/mol. The molecule has 0 bridgehead atoms. The van der Waals surface area contributed by atoms with Crippen LogP contribution in [0.4, 0.5) is 4.79 Å². The van der Waals surface area contributed by atoms with E-state index >= 15 is 0 Å². The second-order valence-corrected chi connectivity index (χ2v) is 4.77. The zero-order valence-corrected chi connectivity index (χ0v) is 10.6. The molecule has 1 amide bonds. The highest BCUT2D eigenvalue weighted by molar-refractivity contribution is 5.86. The molecule has 92 valence electrons. The van der Waals surface area contributed by atoms with E-state index in [1.165, 1.54) is 0 Å². The van der Waals surface area contributed by atoms with Crippen molar-refractivity contribution in [1.82, 2.24) is 4.90 Å². The molecule has 5 heteroatoms. The summed E-state index contributed by atoms with van der Waals surface area (Å²) < 4.78 is 10.4. The highest BCUT2D eigenvalue weighted by atomic mass is 16.6. The first-order valence-electron chi connectivity index (χ1n) is 5.43. The standard InChI is InChI=1S/C11H20N2O3/c1-8-9(15-5)12-6-7-13(8)10(14)16-11(2,3)4/h8H,6-7H2,1-5H3/t8-/m1/s1. The minimum Gasteiger partial charge on any atom is -0.483 e. The summed E-state index contributed by atoms with van der Waals surface area (Å²) in [5, 5.41) is 0. The third kappa shape index (κ3) is 3.12. The molecular formula is C11H20N2O3. The van der Waals surface area contributed by atoms with Crippen LogP contribution in [0.2, 0.25) is 0 Å². The quantitative estimate of drug-likeness (QED) is 0.633. The molecule has 5 nitrogen and oxygen atoms in total. The van der Waals surface area contributed by atoms with Gasteiger partial charge in [0, 0.05) is 6.54 Å². The van der Waals surface area contributed by atoms with Crippen LogP contribution in [-0.2, 0) is 9.47 Å². The maximum Gasteiger partial charge on any atom is 0.411 e. The molecule has 0 aromatic rings. The van der Waals surface area contributed by atoms with Gasteiger partial charge in [0.15, 0.2) is 0 Å². The van der Waals surface area contributed by atoms with Gasteiger partial charge in [0.05, 0.1) is 13.7 Å². The summed E-state index contributed by atoms with van der Waals surface area (Å²) in [4.78, 5) is 17.7. The number of carbonyl (C=O) groups excluding carboxylic acids is 1. The molecule has 0 radical (unpaired) electrons. The summed E-state index contributed by atoms with van der Waals surface area (Å²) >= 11 is 0. The Balaban J connectivity index is 2.68. The number of methoxy groups -OCH3 is 1. The summed E-state index contributed by atoms with van der Waals surface area (Å²) in [7, 11) is 1.56. The fourth-order valence-electron chi connectivity index (χ4n) is 1.53. The van der Waals surface area contributed by atoms with E-state index in [1.54, 1.807) is 12.0 Å². The molecule has 0 aromatic carbocycles. The minimum absolute atomic E-state index is 0.159. The van der Waals surface area contributed by atoms with E-state index in [4.69, 9.17) is 9.47 Å². The summed E-state index contributed by atoms with van der Waals surface area (Å²) in [6.07, 6.45) is -0.315. The molecule has 0 saturated carbocycles. The summed E-state index contributed by atoms with van der Waals surface area (Å²) in [6, 6.07) is -0.159. The first-order chi connectivity index (χ1) is 7.35. The fourth-order valence-corrected chi connectivity index (χ4v) is 1.53. The van der Waals surface area contributed by atoms with Crippen LogP contribution in [-0.4, -0.2) is 48.7 Å². The van der Waals surface area contributed by atoms with Crippen LogP contribution in [0.3, 0.4) is 0 Å². The van der Waals surface area contributed by atoms with Gasteiger partial charge in [-0.2, -0.15) is 0 Å². The van der Waals surface area contributed by atoms with Crippen molar-refractivity contribution in [1.29, 1.82) is 0 Å². The van der Waals surface area contributed by atoms with Gasteiger partial charge in [-0.15, -0.1) is 0 Å². The van der Waals surface area contributed by atoms with Gasteiger partial charge in [0.2, 0.25) is 5.90 Å². The van der Waals surface area contributed by atoms with Gasteiger partial charge in [-0.3, -0.25) is 9.89 Å². The number of hydrogen-bond acceptors (Lipinski definition) is 4. The van der Waals surface area contributed by atoms with E-state index in [0.717, 1.165) is 0 Å². The van der Waals surface area contributed by atoms with Gasteiger partial charge in [-0.25, -0.2) is 4.79 Å². The van der Waals surface area contributed by atoms with Crippen LogP contribution < -0.4 is 0 Å². The molecule has 0 fully saturated rings. The molecule has 1 rings (SSSR count). The van der Waals surface area contributed by atoms with Crippen molar-refractivity contribution < 1.29 is 14.3 Å². The van der Waals surface area contributed by atoms with Crippen LogP contribution in [0, 0.1) is 0 Å². The lowest BCUT2D eigenvalue weighted by Gasteiger charge is -2.33. The molecule has 1 aliphatic rings. The van der Waals surface area contributed by atoms with Gasteiger partial charge in [-0.1, -0.05) is 0 Å². The SMILES string of the molecule is COC1=NCCN(C(=O)OC(C)(C)C)[C@@H]1C. The molecule has 0 unspecified atom stereocenters. The van der Waals surface area contributed by atoms with E-state index < -0.39 is 5.60 Å². The van der Waals surface area contributed by atoms with Gasteiger partial charge >= 0.3 is 6.09 Å². The first kappa shape index (κ1) is 12.8. The highest BCUT2D eigenvalue weighted by Crippen LogP contribution is 2.14. The number of aliphatic imine (C=N–C) groups is 1. The lowest BCUT2D eigenvalue weighted by Crippen LogP contribution is -2.49. The number of amides is 1. The Morgan fingerprint density at radius 1 is 1.50 bits per heavy atom. The van der Waals surface area contributed by atoms with Gasteiger partial charge in [0.25, 0.3) is 0 Å². The smallest absolute Gasteiger partial charge is 0.411 e. The largest absolute Gasteiger partial charge is 0.483 e. The predicted molar refractivity (Wildman–Crippen MR) is 61.7 cm³/mol. The van der Waals surface area contributed by atoms with E-state index in [0.29, 0.717) is 19.0 Å². The molecule has 0 spiro atoms. The van der Waals surface area contributed by atoms with Crippen LogP contribution in [0.1, 0.15) is 27.7 Å². The Hall–Kier alpha value is -1.26. The van der Waals surface area contributed by atoms with E-state index in [-0.39, 0.29) is 12.1 Å². The van der Waals surface area contributed by atoms with Crippen LogP contribution in [0.5, 0.6) is 0 Å². The highest BCUT2D eigenvalue weighted by Gasteiger charge is 2.31. The van der Waals surface area contributed by atoms with Crippen molar-refractivity contribution in [2.75, 3.05) is 20.2 Å². The van der Waals surface area contributed by atoms with Gasteiger partial charge < -0.3 is 9.47 Å². The topological polar surface area (TPSA) is 51.1 Å². The van der Waals surface area contributed by atoms with Crippen molar-refractivity contribution >= 4 is 12.0 Å². The molecule has 1 aliphatic heterocycles. The number of nitrogens with zero attached hydrogens (tertiary/aromatic N) is 2. The number of hydrogen-bond donors (Lipinski definition) is 0. The molecule has 0 saturated heterocycles. The maximum atomic E-state index is 11.9. The molecular weight excluding hydrogens is 208 g/mol. The molecule has 16 heavy (non-hydrogen) atoms. The number of ether oxygens (including phenoxy) is 2. The van der Waals surface area contributed by atoms with Crippen molar-refractivity contribution in [3.8, 4) is 0 Å². The normalized spacial score (nSPS) is 21.4. The third-order valence-electron chi connectivity index (χ3n) is 2.27. The second kappa shape index (κ2) is 4.72. The summed E-state index contributed by atoms with van der Waals surface area (Å²) in [5.41, 5.74) is -0.474. The molecule has 0 aromatic heterocycles. The number of rotatable bonds is 0. The molecule has 1 atom stereocenters. The predicted octanol–water partition coefficient (Wildman–Crippen LogP) is 1.67. The fraction of sp³-hybridized carbons (Fsp3) is 0.818. The van der Waals surface area contributed by atoms with Crippen LogP contribution in [0.25, 0.3) is 0 Å². The third-order valence-corrected chi connectivity index (χ3v) is 2.27. The Bertz CT molecular complexity index is 294.